The molecule has 0 radical (unpaired) electrons. The summed E-state index contributed by atoms with van der Waals surface area (Å²) >= 11 is 6.22. The number of nitrogens with zero attached hydrogens (tertiary/aromatic N) is 1. The van der Waals surface area contributed by atoms with Gasteiger partial charge >= 0.3 is 0 Å². The van der Waals surface area contributed by atoms with Gasteiger partial charge in [0.2, 0.25) is 5.91 Å². The number of carbonyl (C=O) groups is 1. The van der Waals surface area contributed by atoms with Gasteiger partial charge in [-0.1, -0.05) is 23.7 Å². The lowest BCUT2D eigenvalue weighted by molar-refractivity contribution is -0.115. The maximum Gasteiger partial charge on any atom is 0.228 e. The smallest absolute Gasteiger partial charge is 0.228 e. The number of amides is 1. The van der Waals surface area contributed by atoms with Crippen LogP contribution in [0.15, 0.2) is 53.4 Å². The first-order chi connectivity index (χ1) is 12.7. The highest BCUT2D eigenvalue weighted by atomic mass is 35.5. The van der Waals surface area contributed by atoms with E-state index in [4.69, 9.17) is 25.5 Å². The number of carbonyl (C=O) groups excluding carboxylic acids is 1. The number of fused-ring (bicyclic) bond motifs is 1. The average Bonchev–Trinajstić information content (AvgIpc) is 3.16. The molecule has 0 bridgehead atoms. The zero-order valence-corrected chi connectivity index (χ0v) is 14.5. The van der Waals surface area contributed by atoms with Crippen LogP contribution >= 0.6 is 11.6 Å². The van der Waals surface area contributed by atoms with Crippen LogP contribution in [0.25, 0.3) is 11.3 Å². The monoisotopic (exact) mass is 370 g/mol. The maximum atomic E-state index is 12.4. The molecule has 1 amide bonds. The first-order valence-electron chi connectivity index (χ1n) is 8.06. The predicted molar refractivity (Wildman–Crippen MR) is 96.7 cm³/mol. The van der Waals surface area contributed by atoms with Gasteiger partial charge in [-0.3, -0.25) is 4.79 Å². The van der Waals surface area contributed by atoms with Crippen LogP contribution in [0.1, 0.15) is 5.56 Å². The summed E-state index contributed by atoms with van der Waals surface area (Å²) in [5.41, 5.74) is 2.26. The fourth-order valence-electron chi connectivity index (χ4n) is 2.77. The summed E-state index contributed by atoms with van der Waals surface area (Å²) in [6, 6.07) is 10.9. The number of anilines is 1. The topological polar surface area (TPSA) is 73.6 Å². The minimum atomic E-state index is -0.160. The Hall–Kier alpha value is -2.99. The lowest BCUT2D eigenvalue weighted by atomic mass is 10.1. The second-order valence-corrected chi connectivity index (χ2v) is 6.18. The van der Waals surface area contributed by atoms with Gasteiger partial charge in [-0.2, -0.15) is 0 Å². The molecule has 0 saturated carbocycles. The summed E-state index contributed by atoms with van der Waals surface area (Å²) in [6.07, 6.45) is 3.16. The zero-order valence-electron chi connectivity index (χ0n) is 13.7. The third-order valence-electron chi connectivity index (χ3n) is 3.88. The number of hydrogen-bond acceptors (Lipinski definition) is 5. The minimum absolute atomic E-state index is 0.160. The summed E-state index contributed by atoms with van der Waals surface area (Å²) in [5, 5.41) is 3.32. The van der Waals surface area contributed by atoms with Crippen molar-refractivity contribution in [1.29, 1.82) is 0 Å². The van der Waals surface area contributed by atoms with E-state index in [1.165, 1.54) is 6.39 Å². The second kappa shape index (κ2) is 7.09. The molecule has 0 aliphatic carbocycles. The Morgan fingerprint density at radius 1 is 1.19 bits per heavy atom. The Labute approximate surface area is 154 Å². The van der Waals surface area contributed by atoms with Crippen LogP contribution < -0.4 is 14.8 Å². The Balaban J connectivity index is 1.48. The summed E-state index contributed by atoms with van der Waals surface area (Å²) in [6.45, 7) is 0.932. The van der Waals surface area contributed by atoms with Gasteiger partial charge in [-0.25, -0.2) is 4.98 Å². The minimum Gasteiger partial charge on any atom is -0.486 e. The van der Waals surface area contributed by atoms with Crippen molar-refractivity contribution < 1.29 is 18.7 Å². The lowest BCUT2D eigenvalue weighted by Crippen LogP contribution is -2.17. The Morgan fingerprint density at radius 2 is 2.08 bits per heavy atom. The molecule has 3 aromatic rings. The number of halogens is 1. The number of ether oxygens (including phenoxy) is 2. The molecule has 0 spiro atoms. The normalized spacial score (nSPS) is 12.7. The highest BCUT2D eigenvalue weighted by Crippen LogP contribution is 2.38. The Morgan fingerprint density at radius 3 is 2.92 bits per heavy atom. The third kappa shape index (κ3) is 3.50. The molecule has 1 N–H and O–H groups in total. The van der Waals surface area contributed by atoms with Crippen molar-refractivity contribution in [1.82, 2.24) is 4.98 Å². The molecule has 26 heavy (non-hydrogen) atoms. The van der Waals surface area contributed by atoms with E-state index < -0.39 is 0 Å². The number of oxazole rings is 1. The van der Waals surface area contributed by atoms with Crippen molar-refractivity contribution in [3.8, 4) is 22.8 Å². The maximum absolute atomic E-state index is 12.4. The molecule has 1 aliphatic heterocycles. The van der Waals surface area contributed by atoms with Gasteiger partial charge < -0.3 is 19.2 Å². The average molecular weight is 371 g/mol. The first-order valence-corrected chi connectivity index (χ1v) is 8.43. The van der Waals surface area contributed by atoms with Gasteiger partial charge in [0.15, 0.2) is 23.7 Å². The summed E-state index contributed by atoms with van der Waals surface area (Å²) in [5.74, 6) is 1.58. The van der Waals surface area contributed by atoms with Gasteiger partial charge in [-0.15, -0.1) is 0 Å². The van der Waals surface area contributed by atoms with Gasteiger partial charge in [0.1, 0.15) is 13.2 Å². The van der Waals surface area contributed by atoms with E-state index in [1.807, 2.05) is 24.3 Å². The van der Waals surface area contributed by atoms with E-state index >= 15 is 0 Å². The van der Waals surface area contributed by atoms with Crippen LogP contribution in [0.2, 0.25) is 5.02 Å². The number of rotatable bonds is 4. The van der Waals surface area contributed by atoms with E-state index in [2.05, 4.69) is 10.3 Å². The molecular formula is C19H15ClN2O4. The highest BCUT2D eigenvalue weighted by molar-refractivity contribution is 6.32. The Bertz CT molecular complexity index is 941. The van der Waals surface area contributed by atoms with E-state index in [0.717, 1.165) is 11.1 Å². The number of hydrogen-bond donors (Lipinski definition) is 1. The van der Waals surface area contributed by atoms with E-state index in [-0.39, 0.29) is 12.3 Å². The summed E-state index contributed by atoms with van der Waals surface area (Å²) in [7, 11) is 0. The number of nitrogens with one attached hydrogen (secondary N) is 1. The SMILES string of the molecule is O=C(Cc1cc(Cl)c2c(c1)OCCO2)Nc1cccc(-c2cnco2)c1. The van der Waals surface area contributed by atoms with Gasteiger partial charge in [0.05, 0.1) is 17.6 Å². The van der Waals surface area contributed by atoms with Crippen LogP contribution in [0.3, 0.4) is 0 Å². The molecule has 1 aliphatic rings. The molecule has 0 saturated heterocycles. The molecule has 6 nitrogen and oxygen atoms in total. The largest absolute Gasteiger partial charge is 0.486 e. The van der Waals surface area contributed by atoms with Gasteiger partial charge in [-0.05, 0) is 29.8 Å². The lowest BCUT2D eigenvalue weighted by Gasteiger charge is -2.20. The quantitative estimate of drug-likeness (QED) is 0.752. The third-order valence-corrected chi connectivity index (χ3v) is 4.17. The molecule has 4 rings (SSSR count). The molecule has 0 atom stereocenters. The predicted octanol–water partition coefficient (Wildman–Crippen LogP) is 3.95. The number of benzene rings is 2. The molecule has 132 valence electrons. The van der Waals surface area contributed by atoms with Crippen molar-refractivity contribution in [3.63, 3.8) is 0 Å². The summed E-state index contributed by atoms with van der Waals surface area (Å²) in [4.78, 5) is 16.3. The Kier molecular flexibility index (Phi) is 4.50. The standard InChI is InChI=1S/C19H15ClN2O4/c20-15-6-12(7-16-19(15)25-5-4-24-16)8-18(23)22-14-3-1-2-13(9-14)17-10-21-11-26-17/h1-3,6-7,9-11H,4-5,8H2,(H,22,23). The molecule has 1 aromatic heterocycles. The van der Waals surface area contributed by atoms with E-state index in [0.29, 0.717) is 41.2 Å². The molecule has 0 unspecified atom stereocenters. The number of aromatic nitrogens is 1. The van der Waals surface area contributed by atoms with Crippen LogP contribution in [-0.4, -0.2) is 24.1 Å². The highest BCUT2D eigenvalue weighted by Gasteiger charge is 2.17. The fraction of sp³-hybridized carbons (Fsp3) is 0.158. The van der Waals surface area contributed by atoms with Crippen LogP contribution in [0, 0.1) is 0 Å². The van der Waals surface area contributed by atoms with E-state index in [1.54, 1.807) is 18.3 Å². The first kappa shape index (κ1) is 16.5. The van der Waals surface area contributed by atoms with Crippen molar-refractivity contribution >= 4 is 23.2 Å². The zero-order chi connectivity index (χ0) is 17.9. The van der Waals surface area contributed by atoms with Crippen molar-refractivity contribution in [2.24, 2.45) is 0 Å². The van der Waals surface area contributed by atoms with Crippen LogP contribution in [0.4, 0.5) is 5.69 Å². The summed E-state index contributed by atoms with van der Waals surface area (Å²) < 4.78 is 16.3. The van der Waals surface area contributed by atoms with E-state index in [9.17, 15) is 4.79 Å². The molecular weight excluding hydrogens is 356 g/mol. The van der Waals surface area contributed by atoms with Crippen molar-refractivity contribution in [3.05, 3.63) is 59.6 Å². The van der Waals surface area contributed by atoms with Crippen LogP contribution in [-0.2, 0) is 11.2 Å². The molecule has 7 heteroatoms. The van der Waals surface area contributed by atoms with Crippen LogP contribution in [0.5, 0.6) is 11.5 Å². The molecule has 2 aromatic carbocycles. The molecule has 0 fully saturated rings. The fourth-order valence-corrected chi connectivity index (χ4v) is 3.05. The van der Waals surface area contributed by atoms with Gasteiger partial charge in [0.25, 0.3) is 0 Å². The van der Waals surface area contributed by atoms with Crippen molar-refractivity contribution in [2.45, 2.75) is 6.42 Å². The molecule has 2 heterocycles. The van der Waals surface area contributed by atoms with Gasteiger partial charge in [0, 0.05) is 11.3 Å². The van der Waals surface area contributed by atoms with Crippen molar-refractivity contribution in [2.75, 3.05) is 18.5 Å². The second-order valence-electron chi connectivity index (χ2n) is 5.77.